The molecule has 1 aliphatic carbocycles. The van der Waals surface area contributed by atoms with Crippen LogP contribution in [0.25, 0.3) is 11.0 Å². The number of fused-ring (bicyclic) bond motifs is 2. The second-order valence-corrected chi connectivity index (χ2v) is 11.1. The summed E-state index contributed by atoms with van der Waals surface area (Å²) in [7, 11) is 0. The third-order valence-corrected chi connectivity index (χ3v) is 5.27. The zero-order valence-corrected chi connectivity index (χ0v) is 15.5. The third-order valence-electron chi connectivity index (χ3n) is 2.37. The summed E-state index contributed by atoms with van der Waals surface area (Å²) in [6.45, 7) is 0. The second-order valence-electron chi connectivity index (χ2n) is 3.41. The molecule has 0 spiro atoms. The van der Waals surface area contributed by atoms with Gasteiger partial charge in [-0.2, -0.15) is 0 Å². The van der Waals surface area contributed by atoms with E-state index < -0.39 is 0 Å². The van der Waals surface area contributed by atoms with Crippen molar-refractivity contribution in [3.63, 3.8) is 0 Å². The summed E-state index contributed by atoms with van der Waals surface area (Å²) in [5, 5.41) is 2.76. The van der Waals surface area contributed by atoms with E-state index in [4.69, 9.17) is 0 Å². The first-order chi connectivity index (χ1) is 6.66. The molecule has 0 amide bonds. The van der Waals surface area contributed by atoms with Crippen molar-refractivity contribution in [3.05, 3.63) is 46.4 Å². The van der Waals surface area contributed by atoms with Crippen molar-refractivity contribution >= 4 is 38.7 Å². The van der Waals surface area contributed by atoms with Crippen molar-refractivity contribution < 1.29 is 61.9 Å². The minimum atomic E-state index is 0. The third kappa shape index (κ3) is 3.43. The van der Waals surface area contributed by atoms with Gasteiger partial charge in [0.05, 0.1) is 0 Å². The van der Waals surface area contributed by atoms with Crippen molar-refractivity contribution in [1.29, 1.82) is 0 Å². The summed E-state index contributed by atoms with van der Waals surface area (Å²) in [5.74, 6) is 0. The van der Waals surface area contributed by atoms with Crippen LogP contribution in [-0.2, 0) is 24.7 Å². The number of halogens is 4. The zero-order chi connectivity index (χ0) is 9.76. The molecule has 1 aliphatic heterocycles. The molecule has 17 heavy (non-hydrogen) atoms. The second kappa shape index (κ2) is 6.63. The molecular weight excluding hydrogens is 442 g/mol. The Balaban J connectivity index is 0.000000853. The Hall–Kier alpha value is 1.28. The molecule has 0 N–H and O–H groups in total. The summed E-state index contributed by atoms with van der Waals surface area (Å²) in [4.78, 5) is 1.44. The summed E-state index contributed by atoms with van der Waals surface area (Å²) in [5.41, 5.74) is 1.39. The maximum absolute atomic E-state index is 3.74. The molecule has 1 aromatic rings. The SMILES string of the molecule is Br[C]1([Zr+3])C=C2C=c3ccccc3=C2S1.[Cl-].[Cl-].[Cl-]. The van der Waals surface area contributed by atoms with Gasteiger partial charge in [-0.1, -0.05) is 0 Å². The van der Waals surface area contributed by atoms with Crippen molar-refractivity contribution in [3.8, 4) is 0 Å². The van der Waals surface area contributed by atoms with E-state index in [0.717, 1.165) is 0 Å². The van der Waals surface area contributed by atoms with Crippen LogP contribution in [0.2, 0.25) is 0 Å². The Labute approximate surface area is 147 Å². The summed E-state index contributed by atoms with van der Waals surface area (Å²) < 4.78 is 0.175. The fourth-order valence-corrected chi connectivity index (χ4v) is 4.70. The van der Waals surface area contributed by atoms with Gasteiger partial charge >= 0.3 is 111 Å². The first kappa shape index (κ1) is 18.3. The van der Waals surface area contributed by atoms with Crippen LogP contribution in [-0.4, -0.2) is 1.36 Å². The van der Waals surface area contributed by atoms with Crippen LogP contribution in [0, 0.1) is 0 Å². The Morgan fingerprint density at radius 2 is 1.76 bits per heavy atom. The molecule has 1 heterocycles. The number of alkyl halides is 1. The quantitative estimate of drug-likeness (QED) is 0.356. The van der Waals surface area contributed by atoms with E-state index in [1.807, 2.05) is 11.8 Å². The number of hydrogen-bond donors (Lipinski definition) is 0. The van der Waals surface area contributed by atoms with E-state index in [2.05, 4.69) is 52.3 Å². The topological polar surface area (TPSA) is 0 Å². The van der Waals surface area contributed by atoms with Crippen LogP contribution in [0.15, 0.2) is 35.9 Å². The van der Waals surface area contributed by atoms with E-state index in [0.29, 0.717) is 0 Å². The van der Waals surface area contributed by atoms with Gasteiger partial charge in [-0.05, 0) is 0 Å². The Morgan fingerprint density at radius 3 is 2.47 bits per heavy atom. The number of benzene rings is 1. The maximum atomic E-state index is 3.74. The van der Waals surface area contributed by atoms with Gasteiger partial charge in [0, 0.05) is 0 Å². The monoisotopic (exact) mass is 444 g/mol. The van der Waals surface area contributed by atoms with Crippen LogP contribution in [0.3, 0.4) is 0 Å². The predicted octanol–water partition coefficient (Wildman–Crippen LogP) is -7.13. The van der Waals surface area contributed by atoms with Gasteiger partial charge in [0.15, 0.2) is 0 Å². The van der Waals surface area contributed by atoms with Crippen molar-refractivity contribution in [2.75, 3.05) is 0 Å². The van der Waals surface area contributed by atoms with Gasteiger partial charge in [-0.3, -0.25) is 0 Å². The van der Waals surface area contributed by atoms with Crippen LogP contribution in [0.4, 0.5) is 0 Å². The predicted molar refractivity (Wildman–Crippen MR) is 60.9 cm³/mol. The van der Waals surface area contributed by atoms with Gasteiger partial charge < -0.3 is 37.2 Å². The molecule has 0 bridgehead atoms. The molecule has 2 aliphatic rings. The summed E-state index contributed by atoms with van der Waals surface area (Å²) >= 11 is 7.17. The minimum Gasteiger partial charge on any atom is -1.00 e. The number of hydrogen-bond acceptors (Lipinski definition) is 1. The largest absolute Gasteiger partial charge is 1.00 e. The van der Waals surface area contributed by atoms with E-state index in [1.165, 1.54) is 45.6 Å². The summed E-state index contributed by atoms with van der Waals surface area (Å²) in [6, 6.07) is 8.60. The van der Waals surface area contributed by atoms with Crippen molar-refractivity contribution in [1.82, 2.24) is 0 Å². The molecule has 1 aromatic carbocycles. The van der Waals surface area contributed by atoms with Gasteiger partial charge in [-0.25, -0.2) is 0 Å². The average molecular weight is 448 g/mol. The Kier molecular flexibility index (Phi) is 7.13. The molecule has 0 nitrogen and oxygen atoms in total. The van der Waals surface area contributed by atoms with Gasteiger partial charge in [0.25, 0.3) is 0 Å². The molecule has 0 fully saturated rings. The Bertz CT molecular complexity index is 568. The zero-order valence-electron chi connectivity index (χ0n) is 8.38. The number of thioether (sulfide) groups is 1. The van der Waals surface area contributed by atoms with Crippen molar-refractivity contribution in [2.24, 2.45) is 0 Å². The van der Waals surface area contributed by atoms with Gasteiger partial charge in [-0.15, -0.1) is 0 Å². The number of rotatable bonds is 0. The van der Waals surface area contributed by atoms with E-state index >= 15 is 0 Å². The fourth-order valence-electron chi connectivity index (χ4n) is 1.82. The molecular formula is C11H6BrCl3SZr. The van der Waals surface area contributed by atoms with Crippen LogP contribution in [0.5, 0.6) is 0 Å². The minimum absolute atomic E-state index is 0. The van der Waals surface area contributed by atoms with E-state index in [1.54, 1.807) is 0 Å². The molecule has 6 heteroatoms. The van der Waals surface area contributed by atoms with Gasteiger partial charge in [0.1, 0.15) is 0 Å². The smallest absolute Gasteiger partial charge is 1.00 e. The summed E-state index contributed by atoms with van der Waals surface area (Å²) in [6.07, 6.45) is 4.61. The maximum Gasteiger partial charge on any atom is -1.00 e. The van der Waals surface area contributed by atoms with E-state index in [-0.39, 0.29) is 38.6 Å². The first-order valence-corrected chi connectivity index (χ1v) is 7.17. The average Bonchev–Trinajstić information content (AvgIpc) is 2.56. The Morgan fingerprint density at radius 1 is 1.12 bits per heavy atom. The van der Waals surface area contributed by atoms with Crippen LogP contribution in [0.1, 0.15) is 0 Å². The standard InChI is InChI=1S/C11H6BrS.3ClH.Zr/c12-10-6-8-5-7-3-1-2-4-9(7)11(8)13-10;;;;/h1-6H;3*1H;/q;;;;+3/p-3. The molecule has 1 atom stereocenters. The molecule has 0 aromatic heterocycles. The molecule has 0 radical (unpaired) electrons. The fraction of sp³-hybridized carbons (Fsp3) is 0.0909. The van der Waals surface area contributed by atoms with Gasteiger partial charge in [0.2, 0.25) is 0 Å². The normalized spacial score (nSPS) is 23.2. The van der Waals surface area contributed by atoms with E-state index in [9.17, 15) is 0 Å². The molecule has 0 saturated heterocycles. The molecule has 3 rings (SSSR count). The molecule has 0 saturated carbocycles. The molecule has 88 valence electrons. The van der Waals surface area contributed by atoms with Crippen LogP contribution >= 0.6 is 27.7 Å². The first-order valence-electron chi connectivity index (χ1n) is 4.33. The van der Waals surface area contributed by atoms with Crippen molar-refractivity contribution in [2.45, 2.75) is 1.36 Å². The molecule has 1 unspecified atom stereocenters. The van der Waals surface area contributed by atoms with Crippen LogP contribution < -0.4 is 47.7 Å².